The zero-order chi connectivity index (χ0) is 14.2. The quantitative estimate of drug-likeness (QED) is 0.831. The first kappa shape index (κ1) is 14.4. The van der Waals surface area contributed by atoms with Gasteiger partial charge in [-0.2, -0.15) is 0 Å². The van der Waals surface area contributed by atoms with Crippen molar-refractivity contribution in [3.8, 4) is 0 Å². The topological polar surface area (TPSA) is 49.3 Å². The highest BCUT2D eigenvalue weighted by Gasteiger charge is 2.43. The van der Waals surface area contributed by atoms with E-state index in [1.54, 1.807) is 0 Å². The number of carbonyl (C=O) groups excluding carboxylic acids is 1. The molecule has 2 bridgehead atoms. The van der Waals surface area contributed by atoms with Crippen molar-refractivity contribution >= 4 is 5.91 Å². The Morgan fingerprint density at radius 3 is 2.50 bits per heavy atom. The van der Waals surface area contributed by atoms with Gasteiger partial charge in [-0.05, 0) is 62.7 Å². The van der Waals surface area contributed by atoms with Gasteiger partial charge in [-0.15, -0.1) is 0 Å². The van der Waals surface area contributed by atoms with E-state index < -0.39 is 5.60 Å². The molecule has 3 heteroatoms. The third-order valence-corrected chi connectivity index (χ3v) is 6.28. The average Bonchev–Trinajstić information content (AvgIpc) is 3.08. The predicted octanol–water partition coefficient (Wildman–Crippen LogP) is 2.87. The van der Waals surface area contributed by atoms with Crippen LogP contribution in [0.1, 0.15) is 64.7 Å². The van der Waals surface area contributed by atoms with E-state index in [1.807, 2.05) is 0 Å². The summed E-state index contributed by atoms with van der Waals surface area (Å²) in [5.74, 6) is 2.66. The lowest BCUT2D eigenvalue weighted by molar-refractivity contribution is -0.128. The molecule has 3 saturated carbocycles. The van der Waals surface area contributed by atoms with Gasteiger partial charge >= 0.3 is 0 Å². The van der Waals surface area contributed by atoms with Gasteiger partial charge in [0.05, 0.1) is 5.60 Å². The fourth-order valence-electron chi connectivity index (χ4n) is 4.75. The second kappa shape index (κ2) is 5.67. The number of carbonyl (C=O) groups is 1. The summed E-state index contributed by atoms with van der Waals surface area (Å²) in [4.78, 5) is 12.3. The van der Waals surface area contributed by atoms with Gasteiger partial charge < -0.3 is 10.4 Å². The van der Waals surface area contributed by atoms with Gasteiger partial charge in [-0.25, -0.2) is 0 Å². The fraction of sp³-hybridized carbons (Fsp3) is 0.941. The molecule has 0 saturated heterocycles. The van der Waals surface area contributed by atoms with Crippen molar-refractivity contribution in [1.29, 1.82) is 0 Å². The van der Waals surface area contributed by atoms with Crippen LogP contribution in [0.2, 0.25) is 0 Å². The Kier molecular flexibility index (Phi) is 4.07. The first-order valence-corrected chi connectivity index (χ1v) is 8.60. The summed E-state index contributed by atoms with van der Waals surface area (Å²) in [7, 11) is 0. The zero-order valence-corrected chi connectivity index (χ0v) is 12.7. The van der Waals surface area contributed by atoms with Crippen LogP contribution in [0.15, 0.2) is 0 Å². The second-order valence-corrected chi connectivity index (χ2v) is 7.58. The van der Waals surface area contributed by atoms with E-state index in [0.717, 1.165) is 43.9 Å². The van der Waals surface area contributed by atoms with Gasteiger partial charge in [-0.3, -0.25) is 4.79 Å². The molecule has 0 aromatic carbocycles. The first-order chi connectivity index (χ1) is 9.59. The molecule has 3 unspecified atom stereocenters. The minimum Gasteiger partial charge on any atom is -0.388 e. The first-order valence-electron chi connectivity index (χ1n) is 8.60. The third-order valence-electron chi connectivity index (χ3n) is 6.28. The van der Waals surface area contributed by atoms with E-state index in [1.165, 1.54) is 25.7 Å². The second-order valence-electron chi connectivity index (χ2n) is 7.58. The number of nitrogens with one attached hydrogen (secondary N) is 1. The Labute approximate surface area is 122 Å². The zero-order valence-electron chi connectivity index (χ0n) is 12.7. The molecule has 2 N–H and O–H groups in total. The van der Waals surface area contributed by atoms with Crippen LogP contribution in [0.4, 0.5) is 0 Å². The maximum Gasteiger partial charge on any atom is 0.223 e. The number of rotatable bonds is 4. The highest BCUT2D eigenvalue weighted by Crippen LogP contribution is 2.48. The van der Waals surface area contributed by atoms with Crippen molar-refractivity contribution in [1.82, 2.24) is 5.32 Å². The lowest BCUT2D eigenvalue weighted by Crippen LogP contribution is -2.47. The van der Waals surface area contributed by atoms with E-state index in [0.29, 0.717) is 12.5 Å². The standard InChI is InChI=1S/C17H29NO2/c1-2-12-5-7-17(20,8-6-12)11-18-16(19)15-10-13-3-4-14(15)9-13/h12-15,20H,2-11H2,1H3,(H,18,19). The molecule has 0 aromatic rings. The summed E-state index contributed by atoms with van der Waals surface area (Å²) < 4.78 is 0. The maximum atomic E-state index is 12.3. The van der Waals surface area contributed by atoms with Crippen LogP contribution < -0.4 is 5.32 Å². The lowest BCUT2D eigenvalue weighted by Gasteiger charge is -2.36. The molecule has 20 heavy (non-hydrogen) atoms. The largest absolute Gasteiger partial charge is 0.388 e. The summed E-state index contributed by atoms with van der Waals surface area (Å²) in [6, 6.07) is 0. The van der Waals surface area contributed by atoms with E-state index in [2.05, 4.69) is 12.2 Å². The minimum atomic E-state index is -0.640. The molecule has 0 spiro atoms. The van der Waals surface area contributed by atoms with Gasteiger partial charge in [0.2, 0.25) is 5.91 Å². The minimum absolute atomic E-state index is 0.211. The summed E-state index contributed by atoms with van der Waals surface area (Å²) in [5.41, 5.74) is -0.640. The van der Waals surface area contributed by atoms with E-state index in [9.17, 15) is 9.90 Å². The van der Waals surface area contributed by atoms with Crippen LogP contribution >= 0.6 is 0 Å². The van der Waals surface area contributed by atoms with Gasteiger partial charge in [-0.1, -0.05) is 19.8 Å². The van der Waals surface area contributed by atoms with Crippen LogP contribution in [0.3, 0.4) is 0 Å². The van der Waals surface area contributed by atoms with Gasteiger partial charge in [0, 0.05) is 12.5 Å². The molecular weight excluding hydrogens is 250 g/mol. The summed E-state index contributed by atoms with van der Waals surface area (Å²) >= 11 is 0. The van der Waals surface area contributed by atoms with Crippen molar-refractivity contribution in [3.63, 3.8) is 0 Å². The summed E-state index contributed by atoms with van der Waals surface area (Å²) in [6.07, 6.45) is 10.1. The Morgan fingerprint density at radius 1 is 1.20 bits per heavy atom. The molecule has 3 atom stereocenters. The highest BCUT2D eigenvalue weighted by molar-refractivity contribution is 5.79. The molecule has 3 fully saturated rings. The van der Waals surface area contributed by atoms with Crippen molar-refractivity contribution in [3.05, 3.63) is 0 Å². The Hall–Kier alpha value is -0.570. The van der Waals surface area contributed by atoms with E-state index >= 15 is 0 Å². The molecule has 3 nitrogen and oxygen atoms in total. The van der Waals surface area contributed by atoms with Crippen LogP contribution in [0.5, 0.6) is 0 Å². The number of fused-ring (bicyclic) bond motifs is 2. The number of hydrogen-bond donors (Lipinski definition) is 2. The molecule has 0 heterocycles. The highest BCUT2D eigenvalue weighted by atomic mass is 16.3. The van der Waals surface area contributed by atoms with Crippen molar-refractivity contribution in [2.24, 2.45) is 23.7 Å². The van der Waals surface area contributed by atoms with E-state index in [-0.39, 0.29) is 11.8 Å². The molecule has 3 aliphatic carbocycles. The lowest BCUT2D eigenvalue weighted by atomic mass is 9.77. The molecule has 114 valence electrons. The normalized spacial score (nSPS) is 43.7. The molecule has 0 aliphatic heterocycles. The van der Waals surface area contributed by atoms with Gasteiger partial charge in [0.25, 0.3) is 0 Å². The van der Waals surface area contributed by atoms with Crippen LogP contribution in [-0.4, -0.2) is 23.2 Å². The number of aliphatic hydroxyl groups is 1. The molecule has 0 aromatic heterocycles. The molecule has 3 aliphatic rings. The Morgan fingerprint density at radius 2 is 1.95 bits per heavy atom. The molecule has 0 radical (unpaired) electrons. The number of amides is 1. The summed E-state index contributed by atoms with van der Waals surface area (Å²) in [6.45, 7) is 2.70. The third kappa shape index (κ3) is 2.88. The average molecular weight is 279 g/mol. The number of hydrogen-bond acceptors (Lipinski definition) is 2. The molecule has 1 amide bonds. The van der Waals surface area contributed by atoms with Crippen molar-refractivity contribution < 1.29 is 9.90 Å². The van der Waals surface area contributed by atoms with Crippen molar-refractivity contribution in [2.75, 3.05) is 6.54 Å². The Balaban J connectivity index is 1.46. The van der Waals surface area contributed by atoms with Crippen LogP contribution in [0, 0.1) is 23.7 Å². The van der Waals surface area contributed by atoms with Gasteiger partial charge in [0.15, 0.2) is 0 Å². The molecule has 3 rings (SSSR count). The SMILES string of the molecule is CCC1CCC(O)(CNC(=O)C2CC3CCC2C3)CC1. The van der Waals surface area contributed by atoms with Crippen LogP contribution in [0.25, 0.3) is 0 Å². The molecular formula is C17H29NO2. The Bertz CT molecular complexity index is 360. The monoisotopic (exact) mass is 279 g/mol. The smallest absolute Gasteiger partial charge is 0.223 e. The van der Waals surface area contributed by atoms with Crippen molar-refractivity contribution in [2.45, 2.75) is 70.3 Å². The predicted molar refractivity (Wildman–Crippen MR) is 79.1 cm³/mol. The fourth-order valence-corrected chi connectivity index (χ4v) is 4.75. The van der Waals surface area contributed by atoms with Gasteiger partial charge in [0.1, 0.15) is 0 Å². The van der Waals surface area contributed by atoms with E-state index in [4.69, 9.17) is 0 Å². The van der Waals surface area contributed by atoms with Crippen LogP contribution in [-0.2, 0) is 4.79 Å². The summed E-state index contributed by atoms with van der Waals surface area (Å²) in [5, 5.41) is 13.7. The maximum absolute atomic E-state index is 12.3.